The summed E-state index contributed by atoms with van der Waals surface area (Å²) in [5, 5.41) is 2.77. The van der Waals surface area contributed by atoms with Gasteiger partial charge in [-0.05, 0) is 17.7 Å². The quantitative estimate of drug-likeness (QED) is 0.850. The zero-order valence-corrected chi connectivity index (χ0v) is 9.91. The highest BCUT2D eigenvalue weighted by molar-refractivity contribution is 5.82. The van der Waals surface area contributed by atoms with Gasteiger partial charge in [0.1, 0.15) is 6.04 Å². The molecule has 92 valence electrons. The number of aromatic nitrogens is 1. The average Bonchev–Trinajstić information content (AvgIpc) is 2.46. The topological polar surface area (TPSA) is 68.0 Å². The Hall–Kier alpha value is -2.20. The van der Waals surface area contributed by atoms with Gasteiger partial charge in [-0.1, -0.05) is 36.4 Å². The van der Waals surface area contributed by atoms with Crippen LogP contribution < -0.4 is 11.1 Å². The number of amides is 1. The second-order valence-electron chi connectivity index (χ2n) is 3.93. The van der Waals surface area contributed by atoms with Crippen LogP contribution in [0.3, 0.4) is 0 Å². The Morgan fingerprint density at radius 1 is 1.17 bits per heavy atom. The molecule has 0 saturated carbocycles. The van der Waals surface area contributed by atoms with E-state index in [9.17, 15) is 4.79 Å². The first-order valence-electron chi connectivity index (χ1n) is 5.75. The van der Waals surface area contributed by atoms with Crippen molar-refractivity contribution in [2.24, 2.45) is 5.73 Å². The molecule has 1 heterocycles. The van der Waals surface area contributed by atoms with Gasteiger partial charge in [0.05, 0.1) is 12.2 Å². The van der Waals surface area contributed by atoms with Crippen molar-refractivity contribution >= 4 is 5.91 Å². The maximum absolute atomic E-state index is 11.9. The molecule has 3 N–H and O–H groups in total. The fraction of sp³-hybridized carbons (Fsp3) is 0.143. The molecule has 0 aliphatic carbocycles. The lowest BCUT2D eigenvalue weighted by atomic mass is 10.1. The van der Waals surface area contributed by atoms with Gasteiger partial charge in [0, 0.05) is 6.20 Å². The molecule has 0 bridgehead atoms. The van der Waals surface area contributed by atoms with Gasteiger partial charge < -0.3 is 11.1 Å². The van der Waals surface area contributed by atoms with E-state index in [1.165, 1.54) is 0 Å². The van der Waals surface area contributed by atoms with Crippen LogP contribution in [0.15, 0.2) is 54.7 Å². The smallest absolute Gasteiger partial charge is 0.241 e. The van der Waals surface area contributed by atoms with E-state index in [4.69, 9.17) is 5.73 Å². The van der Waals surface area contributed by atoms with Crippen LogP contribution in [0.1, 0.15) is 17.3 Å². The van der Waals surface area contributed by atoms with E-state index >= 15 is 0 Å². The number of nitrogens with two attached hydrogens (primary N) is 1. The Morgan fingerprint density at radius 3 is 2.56 bits per heavy atom. The van der Waals surface area contributed by atoms with Gasteiger partial charge in [-0.15, -0.1) is 0 Å². The van der Waals surface area contributed by atoms with Crippen LogP contribution >= 0.6 is 0 Å². The molecular weight excluding hydrogens is 226 g/mol. The molecule has 2 rings (SSSR count). The largest absolute Gasteiger partial charge is 0.349 e. The van der Waals surface area contributed by atoms with Crippen LogP contribution in [0.4, 0.5) is 0 Å². The first kappa shape index (κ1) is 12.3. The predicted molar refractivity (Wildman–Crippen MR) is 69.5 cm³/mol. The van der Waals surface area contributed by atoms with E-state index in [1.54, 1.807) is 6.20 Å². The maximum Gasteiger partial charge on any atom is 0.241 e. The monoisotopic (exact) mass is 241 g/mol. The highest BCUT2D eigenvalue weighted by Gasteiger charge is 2.14. The molecule has 0 fully saturated rings. The zero-order valence-electron chi connectivity index (χ0n) is 9.91. The van der Waals surface area contributed by atoms with Crippen LogP contribution in [-0.2, 0) is 11.3 Å². The van der Waals surface area contributed by atoms with E-state index in [-0.39, 0.29) is 5.91 Å². The second kappa shape index (κ2) is 5.93. The highest BCUT2D eigenvalue weighted by atomic mass is 16.2. The molecule has 0 aliphatic rings. The summed E-state index contributed by atoms with van der Waals surface area (Å²) in [6, 6.07) is 14.2. The number of nitrogens with zero attached hydrogens (tertiary/aromatic N) is 1. The first-order valence-corrected chi connectivity index (χ1v) is 5.75. The number of hydrogen-bond acceptors (Lipinski definition) is 3. The van der Waals surface area contributed by atoms with Crippen LogP contribution in [0, 0.1) is 0 Å². The Bertz CT molecular complexity index is 499. The lowest BCUT2D eigenvalue weighted by molar-refractivity contribution is -0.122. The van der Waals surface area contributed by atoms with Crippen molar-refractivity contribution in [3.63, 3.8) is 0 Å². The SMILES string of the molecule is N[C@H](C(=O)NCc1ccccn1)c1ccccc1. The lowest BCUT2D eigenvalue weighted by Crippen LogP contribution is -2.33. The molecule has 0 radical (unpaired) electrons. The van der Waals surface area contributed by atoms with Crippen molar-refractivity contribution in [3.05, 3.63) is 66.0 Å². The molecule has 1 aromatic carbocycles. The molecule has 4 nitrogen and oxygen atoms in total. The number of hydrogen-bond donors (Lipinski definition) is 2. The number of nitrogens with one attached hydrogen (secondary N) is 1. The minimum absolute atomic E-state index is 0.202. The second-order valence-corrected chi connectivity index (χ2v) is 3.93. The third-order valence-corrected chi connectivity index (χ3v) is 2.61. The van der Waals surface area contributed by atoms with Crippen molar-refractivity contribution in [1.82, 2.24) is 10.3 Å². The Balaban J connectivity index is 1.93. The third kappa shape index (κ3) is 3.15. The summed E-state index contributed by atoms with van der Waals surface area (Å²) in [4.78, 5) is 16.0. The number of rotatable bonds is 4. The molecule has 18 heavy (non-hydrogen) atoms. The molecule has 4 heteroatoms. The zero-order chi connectivity index (χ0) is 12.8. The van der Waals surface area contributed by atoms with Crippen LogP contribution in [0.5, 0.6) is 0 Å². The predicted octanol–water partition coefficient (Wildman–Crippen LogP) is 1.40. The van der Waals surface area contributed by atoms with Crippen molar-refractivity contribution in [2.45, 2.75) is 12.6 Å². The van der Waals surface area contributed by atoms with Crippen molar-refractivity contribution in [1.29, 1.82) is 0 Å². The van der Waals surface area contributed by atoms with E-state index in [1.807, 2.05) is 48.5 Å². The van der Waals surface area contributed by atoms with Crippen molar-refractivity contribution < 1.29 is 4.79 Å². The molecule has 1 atom stereocenters. The van der Waals surface area contributed by atoms with Gasteiger partial charge in [0.2, 0.25) is 5.91 Å². The summed E-state index contributed by atoms with van der Waals surface area (Å²) in [6.45, 7) is 0.389. The fourth-order valence-electron chi connectivity index (χ4n) is 1.60. The summed E-state index contributed by atoms with van der Waals surface area (Å²) in [5.41, 5.74) is 7.48. The fourth-order valence-corrected chi connectivity index (χ4v) is 1.60. The van der Waals surface area contributed by atoms with Gasteiger partial charge in [-0.25, -0.2) is 0 Å². The van der Waals surface area contributed by atoms with E-state index in [0.29, 0.717) is 6.54 Å². The molecule has 2 aromatic rings. The van der Waals surface area contributed by atoms with Gasteiger partial charge >= 0.3 is 0 Å². The normalized spacial score (nSPS) is 11.8. The number of carbonyl (C=O) groups excluding carboxylic acids is 1. The number of pyridine rings is 1. The summed E-state index contributed by atoms with van der Waals surface area (Å²) in [5.74, 6) is -0.202. The van der Waals surface area contributed by atoms with Gasteiger partial charge in [0.25, 0.3) is 0 Å². The summed E-state index contributed by atoms with van der Waals surface area (Å²) in [6.07, 6.45) is 1.69. The van der Waals surface area contributed by atoms with Crippen molar-refractivity contribution in [3.8, 4) is 0 Å². The molecule has 0 aliphatic heterocycles. The van der Waals surface area contributed by atoms with Gasteiger partial charge in [0.15, 0.2) is 0 Å². The molecular formula is C14H15N3O. The lowest BCUT2D eigenvalue weighted by Gasteiger charge is -2.12. The Labute approximate surface area is 106 Å². The minimum atomic E-state index is -0.644. The van der Waals surface area contributed by atoms with E-state index in [2.05, 4.69) is 10.3 Å². The molecule has 0 unspecified atom stereocenters. The van der Waals surface area contributed by atoms with Crippen LogP contribution in [0.25, 0.3) is 0 Å². The Morgan fingerprint density at radius 2 is 1.89 bits per heavy atom. The molecule has 1 aromatic heterocycles. The van der Waals surface area contributed by atoms with Crippen molar-refractivity contribution in [2.75, 3.05) is 0 Å². The minimum Gasteiger partial charge on any atom is -0.349 e. The van der Waals surface area contributed by atoms with E-state index < -0.39 is 6.04 Å². The highest BCUT2D eigenvalue weighted by Crippen LogP contribution is 2.09. The van der Waals surface area contributed by atoms with Crippen LogP contribution in [-0.4, -0.2) is 10.9 Å². The summed E-state index contributed by atoms with van der Waals surface area (Å²) < 4.78 is 0. The average molecular weight is 241 g/mol. The summed E-state index contributed by atoms with van der Waals surface area (Å²) >= 11 is 0. The van der Waals surface area contributed by atoms with Gasteiger partial charge in [-0.2, -0.15) is 0 Å². The van der Waals surface area contributed by atoms with Crippen LogP contribution in [0.2, 0.25) is 0 Å². The Kier molecular flexibility index (Phi) is 4.04. The first-order chi connectivity index (χ1) is 8.77. The maximum atomic E-state index is 11.9. The standard InChI is InChI=1S/C14H15N3O/c15-13(11-6-2-1-3-7-11)14(18)17-10-12-8-4-5-9-16-12/h1-9,13H,10,15H2,(H,17,18)/t13-/m0/s1. The third-order valence-electron chi connectivity index (χ3n) is 2.61. The molecule has 0 saturated heterocycles. The molecule has 0 spiro atoms. The number of benzene rings is 1. The molecule has 1 amide bonds. The number of carbonyl (C=O) groups is 1. The van der Waals surface area contributed by atoms with E-state index in [0.717, 1.165) is 11.3 Å². The van der Waals surface area contributed by atoms with Gasteiger partial charge in [-0.3, -0.25) is 9.78 Å². The summed E-state index contributed by atoms with van der Waals surface area (Å²) in [7, 11) is 0.